The number of ether oxygens (including phenoxy) is 2. The first kappa shape index (κ1) is 14.8. The largest absolute Gasteiger partial charge is 0.493 e. The lowest BCUT2D eigenvalue weighted by Crippen LogP contribution is -2.03. The van der Waals surface area contributed by atoms with Gasteiger partial charge in [0.25, 0.3) is 0 Å². The summed E-state index contributed by atoms with van der Waals surface area (Å²) in [7, 11) is 3.04. The van der Waals surface area contributed by atoms with Crippen molar-refractivity contribution in [3.63, 3.8) is 0 Å². The number of benzene rings is 2. The van der Waals surface area contributed by atoms with Crippen LogP contribution in [-0.2, 0) is 0 Å². The average molecular weight is 309 g/mol. The number of carboxylic acids is 1. The minimum atomic E-state index is -1.09. The Morgan fingerprint density at radius 1 is 1.04 bits per heavy atom. The Hall–Kier alpha value is -3.08. The van der Waals surface area contributed by atoms with Gasteiger partial charge in [0, 0.05) is 5.39 Å². The number of carbonyl (C=O) groups is 1. The maximum absolute atomic E-state index is 11.4. The summed E-state index contributed by atoms with van der Waals surface area (Å²) >= 11 is 0. The summed E-state index contributed by atoms with van der Waals surface area (Å²) in [4.78, 5) is 15.7. The van der Waals surface area contributed by atoms with Crippen molar-refractivity contribution in [2.45, 2.75) is 0 Å². The van der Waals surface area contributed by atoms with E-state index in [1.165, 1.54) is 14.2 Å². The molecule has 23 heavy (non-hydrogen) atoms. The highest BCUT2D eigenvalue weighted by Gasteiger charge is 2.17. The van der Waals surface area contributed by atoms with Crippen molar-refractivity contribution < 1.29 is 19.4 Å². The summed E-state index contributed by atoms with van der Waals surface area (Å²) in [6.07, 6.45) is 0. The standard InChI is InChI=1S/C18H15NO4/c1-22-15-9-8-12-13(11-6-4-3-5-7-11)10-14(18(20)21)19-16(12)17(15)23-2/h3-10H,1-2H3,(H,20,21). The first-order valence-corrected chi connectivity index (χ1v) is 7.00. The molecule has 0 bridgehead atoms. The van der Waals surface area contributed by atoms with Crippen LogP contribution < -0.4 is 9.47 Å². The zero-order valence-corrected chi connectivity index (χ0v) is 12.7. The Balaban J connectivity index is 2.42. The minimum absolute atomic E-state index is 0.0390. The van der Waals surface area contributed by atoms with Gasteiger partial charge in [-0.15, -0.1) is 0 Å². The van der Waals surface area contributed by atoms with Gasteiger partial charge in [0.05, 0.1) is 14.2 Å². The highest BCUT2D eigenvalue weighted by molar-refractivity contribution is 6.02. The van der Waals surface area contributed by atoms with Crippen molar-refractivity contribution in [1.29, 1.82) is 0 Å². The predicted molar refractivity (Wildman–Crippen MR) is 87.2 cm³/mol. The Kier molecular flexibility index (Phi) is 3.85. The number of pyridine rings is 1. The SMILES string of the molecule is COc1ccc2c(-c3ccccc3)cc(C(=O)O)nc2c1OC. The molecule has 1 N–H and O–H groups in total. The fourth-order valence-electron chi connectivity index (χ4n) is 2.57. The van der Waals surface area contributed by atoms with Crippen molar-refractivity contribution in [3.8, 4) is 22.6 Å². The number of hydrogen-bond donors (Lipinski definition) is 1. The Morgan fingerprint density at radius 3 is 2.39 bits per heavy atom. The molecular formula is C18H15NO4. The quantitative estimate of drug-likeness (QED) is 0.797. The van der Waals surface area contributed by atoms with Gasteiger partial charge in [0.15, 0.2) is 11.5 Å². The normalized spacial score (nSPS) is 10.5. The molecule has 0 aliphatic rings. The average Bonchev–Trinajstić information content (AvgIpc) is 2.60. The van der Waals surface area contributed by atoms with Crippen molar-refractivity contribution in [1.82, 2.24) is 4.98 Å². The van der Waals surface area contributed by atoms with Crippen LogP contribution in [-0.4, -0.2) is 30.3 Å². The number of aromatic nitrogens is 1. The lowest BCUT2D eigenvalue weighted by molar-refractivity contribution is 0.0691. The molecule has 0 fully saturated rings. The van der Waals surface area contributed by atoms with Crippen LogP contribution in [0.25, 0.3) is 22.0 Å². The van der Waals surface area contributed by atoms with Gasteiger partial charge in [-0.2, -0.15) is 0 Å². The molecule has 3 aromatic rings. The molecular weight excluding hydrogens is 294 g/mol. The van der Waals surface area contributed by atoms with Gasteiger partial charge in [-0.05, 0) is 29.3 Å². The number of hydrogen-bond acceptors (Lipinski definition) is 4. The van der Waals surface area contributed by atoms with Gasteiger partial charge in [0.1, 0.15) is 11.2 Å². The molecule has 3 rings (SSSR count). The highest BCUT2D eigenvalue weighted by Crippen LogP contribution is 2.38. The molecule has 0 saturated heterocycles. The maximum atomic E-state index is 11.4. The van der Waals surface area contributed by atoms with Crippen molar-refractivity contribution in [2.75, 3.05) is 14.2 Å². The third-order valence-corrected chi connectivity index (χ3v) is 3.63. The van der Waals surface area contributed by atoms with E-state index in [4.69, 9.17) is 9.47 Å². The van der Waals surface area contributed by atoms with E-state index < -0.39 is 5.97 Å². The van der Waals surface area contributed by atoms with E-state index in [1.54, 1.807) is 12.1 Å². The van der Waals surface area contributed by atoms with Crippen LogP contribution in [0.5, 0.6) is 11.5 Å². The molecule has 5 nitrogen and oxygen atoms in total. The van der Waals surface area contributed by atoms with Crippen LogP contribution in [0.4, 0.5) is 0 Å². The van der Waals surface area contributed by atoms with Gasteiger partial charge in [0.2, 0.25) is 0 Å². The second kappa shape index (κ2) is 5.96. The number of carboxylic acid groups (broad SMARTS) is 1. The topological polar surface area (TPSA) is 68.7 Å². The van der Waals surface area contributed by atoms with Crippen LogP contribution in [0.1, 0.15) is 10.5 Å². The zero-order chi connectivity index (χ0) is 16.4. The minimum Gasteiger partial charge on any atom is -0.493 e. The van der Waals surface area contributed by atoms with E-state index in [-0.39, 0.29) is 5.69 Å². The fourth-order valence-corrected chi connectivity index (χ4v) is 2.57. The third kappa shape index (κ3) is 2.57. The Bertz CT molecular complexity index is 875. The molecule has 5 heteroatoms. The molecule has 0 saturated carbocycles. The summed E-state index contributed by atoms with van der Waals surface area (Å²) in [5, 5.41) is 10.2. The van der Waals surface area contributed by atoms with Gasteiger partial charge in [-0.3, -0.25) is 0 Å². The van der Waals surface area contributed by atoms with Gasteiger partial charge in [-0.25, -0.2) is 9.78 Å². The third-order valence-electron chi connectivity index (χ3n) is 3.63. The zero-order valence-electron chi connectivity index (χ0n) is 12.7. The van der Waals surface area contributed by atoms with Gasteiger partial charge < -0.3 is 14.6 Å². The molecule has 1 heterocycles. The molecule has 1 aromatic heterocycles. The summed E-state index contributed by atoms with van der Waals surface area (Å²) in [6, 6.07) is 14.8. The van der Waals surface area contributed by atoms with E-state index in [1.807, 2.05) is 36.4 Å². The van der Waals surface area contributed by atoms with E-state index >= 15 is 0 Å². The second-order valence-corrected chi connectivity index (χ2v) is 4.92. The van der Waals surface area contributed by atoms with Gasteiger partial charge in [-0.1, -0.05) is 30.3 Å². The van der Waals surface area contributed by atoms with Crippen LogP contribution in [0.2, 0.25) is 0 Å². The predicted octanol–water partition coefficient (Wildman–Crippen LogP) is 3.62. The summed E-state index contributed by atoms with van der Waals surface area (Å²) < 4.78 is 10.7. The first-order chi connectivity index (χ1) is 11.2. The molecule has 0 aliphatic carbocycles. The van der Waals surface area contributed by atoms with E-state index in [2.05, 4.69) is 4.98 Å². The molecule has 0 atom stereocenters. The van der Waals surface area contributed by atoms with Crippen molar-refractivity contribution >= 4 is 16.9 Å². The number of methoxy groups -OCH3 is 2. The van der Waals surface area contributed by atoms with E-state index in [9.17, 15) is 9.90 Å². The van der Waals surface area contributed by atoms with E-state index in [0.29, 0.717) is 17.0 Å². The molecule has 0 unspecified atom stereocenters. The highest BCUT2D eigenvalue weighted by atomic mass is 16.5. The smallest absolute Gasteiger partial charge is 0.354 e. The number of aromatic carboxylic acids is 1. The van der Waals surface area contributed by atoms with Crippen LogP contribution in [0, 0.1) is 0 Å². The lowest BCUT2D eigenvalue weighted by atomic mass is 9.99. The van der Waals surface area contributed by atoms with Crippen molar-refractivity contribution in [3.05, 3.63) is 54.2 Å². The van der Waals surface area contributed by atoms with Crippen LogP contribution in [0.3, 0.4) is 0 Å². The Morgan fingerprint density at radius 2 is 1.78 bits per heavy atom. The van der Waals surface area contributed by atoms with E-state index in [0.717, 1.165) is 16.5 Å². The number of fused-ring (bicyclic) bond motifs is 1. The molecule has 2 aromatic carbocycles. The Labute approximate surface area is 133 Å². The summed E-state index contributed by atoms with van der Waals surface area (Å²) in [6.45, 7) is 0. The number of rotatable bonds is 4. The van der Waals surface area contributed by atoms with Crippen LogP contribution in [0.15, 0.2) is 48.5 Å². The van der Waals surface area contributed by atoms with Gasteiger partial charge >= 0.3 is 5.97 Å². The first-order valence-electron chi connectivity index (χ1n) is 7.00. The lowest BCUT2D eigenvalue weighted by Gasteiger charge is -2.13. The second-order valence-electron chi connectivity index (χ2n) is 4.92. The molecule has 0 aliphatic heterocycles. The molecule has 116 valence electrons. The van der Waals surface area contributed by atoms with Crippen LogP contribution >= 0.6 is 0 Å². The van der Waals surface area contributed by atoms with Crippen molar-refractivity contribution in [2.24, 2.45) is 0 Å². The molecule has 0 spiro atoms. The molecule has 0 amide bonds. The molecule has 0 radical (unpaired) electrons. The fraction of sp³-hybridized carbons (Fsp3) is 0.111. The monoisotopic (exact) mass is 309 g/mol. The summed E-state index contributed by atoms with van der Waals surface area (Å²) in [5.41, 5.74) is 2.12. The maximum Gasteiger partial charge on any atom is 0.354 e. The summed E-state index contributed by atoms with van der Waals surface area (Å²) in [5.74, 6) is -0.159. The number of nitrogens with zero attached hydrogens (tertiary/aromatic N) is 1.